The zero-order chi connectivity index (χ0) is 7.45. The smallest absolute Gasteiger partial charge is 0.0893 e. The van der Waals surface area contributed by atoms with Gasteiger partial charge in [-0.15, -0.1) is 0 Å². The van der Waals surface area contributed by atoms with Gasteiger partial charge in [-0.2, -0.15) is 0 Å². The molecule has 1 rings (SSSR count). The lowest BCUT2D eigenvalue weighted by Gasteiger charge is -2.31. The standard InChI is InChI=1S/C7H15NO2/c8-4-3-7(9)2-1-5-10-6-7/h9H,1-6,8H2. The normalized spacial score (nSPS) is 34.2. The van der Waals surface area contributed by atoms with Crippen LogP contribution >= 0.6 is 0 Å². The minimum Gasteiger partial charge on any atom is -0.387 e. The van der Waals surface area contributed by atoms with Crippen molar-refractivity contribution < 1.29 is 9.84 Å². The molecule has 1 unspecified atom stereocenters. The van der Waals surface area contributed by atoms with Crippen molar-refractivity contribution >= 4 is 0 Å². The summed E-state index contributed by atoms with van der Waals surface area (Å²) in [6.07, 6.45) is 2.45. The summed E-state index contributed by atoms with van der Waals surface area (Å²) in [4.78, 5) is 0. The van der Waals surface area contributed by atoms with Gasteiger partial charge in [0.2, 0.25) is 0 Å². The quantitative estimate of drug-likeness (QED) is 0.569. The van der Waals surface area contributed by atoms with Gasteiger partial charge in [0, 0.05) is 6.61 Å². The Hall–Kier alpha value is -0.120. The first-order valence-electron chi connectivity index (χ1n) is 3.77. The van der Waals surface area contributed by atoms with Crippen LogP contribution in [0.4, 0.5) is 0 Å². The average Bonchev–Trinajstić information content (AvgIpc) is 1.89. The maximum atomic E-state index is 9.67. The monoisotopic (exact) mass is 145 g/mol. The van der Waals surface area contributed by atoms with E-state index in [1.807, 2.05) is 0 Å². The van der Waals surface area contributed by atoms with E-state index in [0.717, 1.165) is 19.4 Å². The molecule has 3 N–H and O–H groups in total. The first-order chi connectivity index (χ1) is 4.77. The molecule has 10 heavy (non-hydrogen) atoms. The van der Waals surface area contributed by atoms with Crippen LogP contribution in [-0.4, -0.2) is 30.5 Å². The highest BCUT2D eigenvalue weighted by Crippen LogP contribution is 2.21. The van der Waals surface area contributed by atoms with Crippen molar-refractivity contribution in [2.75, 3.05) is 19.8 Å². The Balaban J connectivity index is 2.32. The molecule has 3 nitrogen and oxygen atoms in total. The number of nitrogens with two attached hydrogens (primary N) is 1. The third-order valence-corrected chi connectivity index (χ3v) is 1.91. The minimum absolute atomic E-state index is 0.462. The van der Waals surface area contributed by atoms with Crippen LogP contribution in [0.15, 0.2) is 0 Å². The zero-order valence-electron chi connectivity index (χ0n) is 6.18. The van der Waals surface area contributed by atoms with E-state index in [2.05, 4.69) is 0 Å². The van der Waals surface area contributed by atoms with Crippen molar-refractivity contribution in [3.05, 3.63) is 0 Å². The highest BCUT2D eigenvalue weighted by atomic mass is 16.5. The van der Waals surface area contributed by atoms with Gasteiger partial charge in [-0.05, 0) is 25.8 Å². The molecule has 1 heterocycles. The van der Waals surface area contributed by atoms with E-state index in [0.29, 0.717) is 19.6 Å². The largest absolute Gasteiger partial charge is 0.387 e. The van der Waals surface area contributed by atoms with E-state index < -0.39 is 5.60 Å². The molecule has 1 aliphatic heterocycles. The van der Waals surface area contributed by atoms with Crippen LogP contribution < -0.4 is 5.73 Å². The maximum absolute atomic E-state index is 9.67. The second-order valence-corrected chi connectivity index (χ2v) is 2.92. The molecule has 1 fully saturated rings. The van der Waals surface area contributed by atoms with Gasteiger partial charge >= 0.3 is 0 Å². The van der Waals surface area contributed by atoms with Crippen molar-refractivity contribution in [1.82, 2.24) is 0 Å². The summed E-state index contributed by atoms with van der Waals surface area (Å²) in [6.45, 7) is 1.79. The molecule has 3 heteroatoms. The van der Waals surface area contributed by atoms with Crippen LogP contribution in [0.25, 0.3) is 0 Å². The number of ether oxygens (including phenoxy) is 1. The first kappa shape index (κ1) is 7.98. The molecule has 0 aromatic heterocycles. The van der Waals surface area contributed by atoms with Crippen LogP contribution in [0.2, 0.25) is 0 Å². The van der Waals surface area contributed by atoms with Gasteiger partial charge in [0.1, 0.15) is 0 Å². The first-order valence-corrected chi connectivity index (χ1v) is 3.77. The molecule has 1 aliphatic rings. The molecule has 0 aromatic carbocycles. The summed E-state index contributed by atoms with van der Waals surface area (Å²) in [5, 5.41) is 9.67. The molecular weight excluding hydrogens is 130 g/mol. The summed E-state index contributed by atoms with van der Waals surface area (Å²) in [6, 6.07) is 0. The van der Waals surface area contributed by atoms with Crippen LogP contribution in [0, 0.1) is 0 Å². The SMILES string of the molecule is NCCC1(O)CCCOC1. The number of rotatable bonds is 2. The van der Waals surface area contributed by atoms with Gasteiger partial charge in [0.25, 0.3) is 0 Å². The predicted molar refractivity (Wildman–Crippen MR) is 38.7 cm³/mol. The molecule has 60 valence electrons. The van der Waals surface area contributed by atoms with Gasteiger partial charge < -0.3 is 15.6 Å². The van der Waals surface area contributed by atoms with E-state index in [1.54, 1.807) is 0 Å². The van der Waals surface area contributed by atoms with Crippen molar-refractivity contribution in [1.29, 1.82) is 0 Å². The zero-order valence-corrected chi connectivity index (χ0v) is 6.18. The highest BCUT2D eigenvalue weighted by molar-refractivity contribution is 4.80. The summed E-state index contributed by atoms with van der Waals surface area (Å²) >= 11 is 0. The minimum atomic E-state index is -0.618. The molecular formula is C7H15NO2. The Kier molecular flexibility index (Phi) is 2.65. The van der Waals surface area contributed by atoms with Gasteiger partial charge in [-0.1, -0.05) is 0 Å². The van der Waals surface area contributed by atoms with Crippen molar-refractivity contribution in [2.24, 2.45) is 5.73 Å². The lowest BCUT2D eigenvalue weighted by Crippen LogP contribution is -2.40. The van der Waals surface area contributed by atoms with Crippen LogP contribution in [0.3, 0.4) is 0 Å². The van der Waals surface area contributed by atoms with E-state index in [4.69, 9.17) is 10.5 Å². The maximum Gasteiger partial charge on any atom is 0.0893 e. The van der Waals surface area contributed by atoms with E-state index >= 15 is 0 Å². The van der Waals surface area contributed by atoms with Gasteiger partial charge in [0.15, 0.2) is 0 Å². The molecule has 0 spiro atoms. The Morgan fingerprint density at radius 3 is 2.90 bits per heavy atom. The summed E-state index contributed by atoms with van der Waals surface area (Å²) < 4.78 is 5.13. The Bertz CT molecular complexity index is 94.3. The van der Waals surface area contributed by atoms with E-state index in [9.17, 15) is 5.11 Å². The molecule has 0 bridgehead atoms. The number of aliphatic hydroxyl groups is 1. The van der Waals surface area contributed by atoms with Gasteiger partial charge in [-0.3, -0.25) is 0 Å². The highest BCUT2D eigenvalue weighted by Gasteiger charge is 2.28. The fourth-order valence-corrected chi connectivity index (χ4v) is 1.30. The molecule has 0 amide bonds. The average molecular weight is 145 g/mol. The Morgan fingerprint density at radius 1 is 1.60 bits per heavy atom. The predicted octanol–water partition coefficient (Wildman–Crippen LogP) is -0.123. The Morgan fingerprint density at radius 2 is 2.40 bits per heavy atom. The fourth-order valence-electron chi connectivity index (χ4n) is 1.30. The number of hydrogen-bond donors (Lipinski definition) is 2. The molecule has 1 atom stereocenters. The molecule has 0 saturated carbocycles. The lowest BCUT2D eigenvalue weighted by atomic mass is 9.93. The fraction of sp³-hybridized carbons (Fsp3) is 1.00. The third kappa shape index (κ3) is 1.94. The molecule has 0 radical (unpaired) electrons. The van der Waals surface area contributed by atoms with E-state index in [1.165, 1.54) is 0 Å². The van der Waals surface area contributed by atoms with Crippen molar-refractivity contribution in [2.45, 2.75) is 24.9 Å². The second kappa shape index (κ2) is 3.32. The summed E-state index contributed by atoms with van der Waals surface area (Å²) in [5.41, 5.74) is 4.71. The van der Waals surface area contributed by atoms with Gasteiger partial charge in [-0.25, -0.2) is 0 Å². The molecule has 0 aromatic rings. The Labute approximate surface area is 61.2 Å². The topological polar surface area (TPSA) is 55.5 Å². The van der Waals surface area contributed by atoms with Crippen molar-refractivity contribution in [3.63, 3.8) is 0 Å². The lowest BCUT2D eigenvalue weighted by molar-refractivity contribution is -0.0880. The third-order valence-electron chi connectivity index (χ3n) is 1.91. The second-order valence-electron chi connectivity index (χ2n) is 2.92. The van der Waals surface area contributed by atoms with Crippen LogP contribution in [0.5, 0.6) is 0 Å². The van der Waals surface area contributed by atoms with Crippen LogP contribution in [0.1, 0.15) is 19.3 Å². The summed E-state index contributed by atoms with van der Waals surface area (Å²) in [5.74, 6) is 0. The molecule has 0 aliphatic carbocycles. The van der Waals surface area contributed by atoms with Crippen LogP contribution in [-0.2, 0) is 4.74 Å². The number of hydrogen-bond acceptors (Lipinski definition) is 3. The van der Waals surface area contributed by atoms with E-state index in [-0.39, 0.29) is 0 Å². The van der Waals surface area contributed by atoms with Gasteiger partial charge in [0.05, 0.1) is 12.2 Å². The summed E-state index contributed by atoms with van der Waals surface area (Å²) in [7, 11) is 0. The molecule has 1 saturated heterocycles. The van der Waals surface area contributed by atoms with Crippen molar-refractivity contribution in [3.8, 4) is 0 Å².